The number of esters is 1. The van der Waals surface area contributed by atoms with Gasteiger partial charge in [0.25, 0.3) is 0 Å². The number of para-hydroxylation sites is 1. The molecule has 214 valence electrons. The highest BCUT2D eigenvalue weighted by atomic mass is 31.2. The molecule has 0 unspecified atom stereocenters. The van der Waals surface area contributed by atoms with Gasteiger partial charge in [-0.15, -0.1) is 0 Å². The van der Waals surface area contributed by atoms with Gasteiger partial charge >= 0.3 is 13.7 Å². The van der Waals surface area contributed by atoms with E-state index in [1.807, 2.05) is 6.07 Å². The van der Waals surface area contributed by atoms with Gasteiger partial charge < -0.3 is 29.9 Å². The minimum absolute atomic E-state index is 0.0811. The maximum absolute atomic E-state index is 13.8. The number of aliphatic hydroxyl groups is 2. The Morgan fingerprint density at radius 3 is 2.65 bits per heavy atom. The normalized spacial score (nSPS) is 26.8. The highest BCUT2D eigenvalue weighted by molar-refractivity contribution is 7.52. The highest BCUT2D eigenvalue weighted by Gasteiger charge is 2.65. The van der Waals surface area contributed by atoms with Gasteiger partial charge in [0.1, 0.15) is 47.5 Å². The van der Waals surface area contributed by atoms with E-state index in [2.05, 4.69) is 15.2 Å². The van der Waals surface area contributed by atoms with Gasteiger partial charge in [-0.25, -0.2) is 14.1 Å². The minimum atomic E-state index is -4.32. The molecular weight excluding hydrogens is 543 g/mol. The van der Waals surface area contributed by atoms with Crippen LogP contribution in [0, 0.1) is 11.3 Å². The summed E-state index contributed by atoms with van der Waals surface area (Å²) in [5.41, 5.74) is 2.02. The van der Waals surface area contributed by atoms with Gasteiger partial charge in [-0.05, 0) is 52.0 Å². The monoisotopic (exact) mass is 574 g/mol. The van der Waals surface area contributed by atoms with Crippen LogP contribution in [0.15, 0.2) is 48.8 Å². The Bertz CT molecular complexity index is 1460. The lowest BCUT2D eigenvalue weighted by Crippen LogP contribution is -2.52. The van der Waals surface area contributed by atoms with Crippen LogP contribution >= 0.6 is 7.75 Å². The van der Waals surface area contributed by atoms with Crippen molar-refractivity contribution in [2.75, 3.05) is 12.3 Å². The van der Waals surface area contributed by atoms with Crippen molar-refractivity contribution < 1.29 is 38.1 Å². The Labute approximate surface area is 230 Å². The molecule has 5 N–H and O–H groups in total. The van der Waals surface area contributed by atoms with E-state index in [0.29, 0.717) is 5.52 Å². The number of benzene rings is 1. The number of nitriles is 1. The first-order valence-electron chi connectivity index (χ1n) is 12.4. The summed E-state index contributed by atoms with van der Waals surface area (Å²) in [5.74, 6) is -0.394. The first-order chi connectivity index (χ1) is 18.8. The zero-order valence-electron chi connectivity index (χ0n) is 22.3. The number of carbonyl (C=O) groups is 1. The van der Waals surface area contributed by atoms with Crippen molar-refractivity contribution in [2.24, 2.45) is 0 Å². The quantitative estimate of drug-likeness (QED) is 0.201. The molecule has 6 atom stereocenters. The summed E-state index contributed by atoms with van der Waals surface area (Å²) < 4.78 is 37.5. The number of hydrogen-bond acceptors (Lipinski definition) is 12. The van der Waals surface area contributed by atoms with E-state index in [9.17, 15) is 24.8 Å². The topological polar surface area (TPSA) is 204 Å². The number of anilines is 1. The number of rotatable bonds is 10. The second kappa shape index (κ2) is 11.1. The predicted molar refractivity (Wildman–Crippen MR) is 141 cm³/mol. The Balaban J connectivity index is 1.61. The molecule has 0 amide bonds. The number of aromatic nitrogens is 3. The van der Waals surface area contributed by atoms with E-state index in [1.54, 1.807) is 38.1 Å². The molecule has 0 bridgehead atoms. The van der Waals surface area contributed by atoms with Crippen molar-refractivity contribution in [3.05, 3.63) is 54.5 Å². The van der Waals surface area contributed by atoms with Crippen LogP contribution in [0.5, 0.6) is 5.75 Å². The molecule has 3 heterocycles. The van der Waals surface area contributed by atoms with Crippen LogP contribution in [0.3, 0.4) is 0 Å². The Morgan fingerprint density at radius 2 is 2.00 bits per heavy atom. The molecule has 0 aliphatic carbocycles. The van der Waals surface area contributed by atoms with Crippen LogP contribution in [0.4, 0.5) is 5.82 Å². The molecule has 0 radical (unpaired) electrons. The first-order valence-corrected chi connectivity index (χ1v) is 13.9. The van der Waals surface area contributed by atoms with Crippen molar-refractivity contribution in [3.63, 3.8) is 0 Å². The second-order valence-corrected chi connectivity index (χ2v) is 11.4. The van der Waals surface area contributed by atoms with Crippen LogP contribution in [0.25, 0.3) is 5.52 Å². The van der Waals surface area contributed by atoms with Gasteiger partial charge in [0, 0.05) is 0 Å². The van der Waals surface area contributed by atoms with Crippen molar-refractivity contribution in [1.82, 2.24) is 19.7 Å². The van der Waals surface area contributed by atoms with Gasteiger partial charge in [-0.3, -0.25) is 9.32 Å². The fraction of sp³-hybridized carbons (Fsp3) is 0.440. The molecule has 14 nitrogen and oxygen atoms in total. The summed E-state index contributed by atoms with van der Waals surface area (Å²) in [6.07, 6.45) is -2.30. The average Bonchev–Trinajstić information content (AvgIpc) is 3.41. The van der Waals surface area contributed by atoms with Crippen molar-refractivity contribution >= 4 is 25.1 Å². The third-order valence-electron chi connectivity index (χ3n) is 6.40. The molecular formula is C25H31N6O8P. The molecule has 1 aliphatic rings. The molecule has 1 fully saturated rings. The maximum atomic E-state index is 13.8. The SMILES string of the molecule is CC(C)OC(=O)[C@H](C)N[P@](=O)(OC[C@H]1O[C@@](C#N)(c2ccc3c(N)ncnn23)[C@](C)(O)[C@@H]1O)Oc1ccccc1. The summed E-state index contributed by atoms with van der Waals surface area (Å²) in [4.78, 5) is 16.3. The standard InChI is InChI=1S/C25H31N6O8P/c1-15(2)37-23(33)16(3)30-40(35,39-17-8-6-5-7-9-17)36-12-19-21(32)24(4,34)25(13-26,38-19)20-11-10-18-22(27)28-14-29-31(18)20/h5-11,14-16,19,21,32,34H,12H2,1-4H3,(H,30,35)(H2,27,28,29)/t16-,19+,21+,24+,25-,40-/m0/s1. The summed E-state index contributed by atoms with van der Waals surface area (Å²) in [6.45, 7) is 5.38. The molecule has 4 rings (SSSR count). The van der Waals surface area contributed by atoms with Crippen molar-refractivity contribution in [2.45, 2.75) is 63.3 Å². The van der Waals surface area contributed by atoms with Gasteiger partial charge in [-0.1, -0.05) is 18.2 Å². The molecule has 15 heteroatoms. The number of ether oxygens (including phenoxy) is 2. The molecule has 1 aliphatic heterocycles. The van der Waals surface area contributed by atoms with E-state index in [4.69, 9.17) is 24.3 Å². The lowest BCUT2D eigenvalue weighted by molar-refractivity contribution is -0.149. The lowest BCUT2D eigenvalue weighted by Gasteiger charge is -2.33. The maximum Gasteiger partial charge on any atom is 0.459 e. The predicted octanol–water partition coefficient (Wildman–Crippen LogP) is 1.67. The molecule has 2 aromatic heterocycles. The largest absolute Gasteiger partial charge is 0.462 e. The van der Waals surface area contributed by atoms with Crippen LogP contribution in [0.2, 0.25) is 0 Å². The molecule has 40 heavy (non-hydrogen) atoms. The fourth-order valence-electron chi connectivity index (χ4n) is 4.35. The lowest BCUT2D eigenvalue weighted by atomic mass is 9.80. The van der Waals surface area contributed by atoms with Crippen LogP contribution in [0.1, 0.15) is 33.4 Å². The molecule has 0 saturated carbocycles. The third-order valence-corrected chi connectivity index (χ3v) is 8.05. The number of nitrogens with two attached hydrogens (primary N) is 1. The minimum Gasteiger partial charge on any atom is -0.462 e. The Hall–Kier alpha value is -3.57. The summed E-state index contributed by atoms with van der Waals surface area (Å²) in [7, 11) is -4.32. The van der Waals surface area contributed by atoms with Crippen molar-refractivity contribution in [3.8, 4) is 11.8 Å². The second-order valence-electron chi connectivity index (χ2n) is 9.74. The summed E-state index contributed by atoms with van der Waals surface area (Å²) in [5, 5.41) is 39.3. The molecule has 0 spiro atoms. The van der Waals surface area contributed by atoms with Crippen LogP contribution < -0.4 is 15.3 Å². The van der Waals surface area contributed by atoms with Crippen LogP contribution in [-0.2, 0) is 29.0 Å². The Kier molecular flexibility index (Phi) is 8.18. The van der Waals surface area contributed by atoms with E-state index < -0.39 is 55.9 Å². The number of carbonyl (C=O) groups excluding carboxylic acids is 1. The smallest absolute Gasteiger partial charge is 0.459 e. The molecule has 1 aromatic carbocycles. The molecule has 1 saturated heterocycles. The fourth-order valence-corrected chi connectivity index (χ4v) is 5.85. The molecule has 3 aromatic rings. The number of aliphatic hydroxyl groups excluding tert-OH is 1. The van der Waals surface area contributed by atoms with Gasteiger partial charge in [0.2, 0.25) is 5.60 Å². The summed E-state index contributed by atoms with van der Waals surface area (Å²) >= 11 is 0. The number of nitrogen functional groups attached to an aromatic ring is 1. The van der Waals surface area contributed by atoms with E-state index >= 15 is 0 Å². The number of hydrogen-bond donors (Lipinski definition) is 4. The number of nitrogens with one attached hydrogen (secondary N) is 1. The van der Waals surface area contributed by atoms with Gasteiger partial charge in [0.05, 0.1) is 18.4 Å². The van der Waals surface area contributed by atoms with Gasteiger partial charge in [0.15, 0.2) is 5.82 Å². The van der Waals surface area contributed by atoms with E-state index in [1.165, 1.54) is 42.9 Å². The third kappa shape index (κ3) is 5.40. The summed E-state index contributed by atoms with van der Waals surface area (Å²) in [6, 6.07) is 12.0. The van der Waals surface area contributed by atoms with E-state index in [0.717, 1.165) is 0 Å². The zero-order valence-corrected chi connectivity index (χ0v) is 23.2. The Morgan fingerprint density at radius 1 is 1.30 bits per heavy atom. The number of fused-ring (bicyclic) bond motifs is 1. The zero-order chi connectivity index (χ0) is 29.3. The highest BCUT2D eigenvalue weighted by Crippen LogP contribution is 2.50. The van der Waals surface area contributed by atoms with Crippen molar-refractivity contribution in [1.29, 1.82) is 5.26 Å². The first kappa shape index (κ1) is 29.4. The average molecular weight is 575 g/mol. The van der Waals surface area contributed by atoms with Crippen LogP contribution in [-0.4, -0.2) is 67.3 Å². The van der Waals surface area contributed by atoms with E-state index in [-0.39, 0.29) is 17.3 Å². The van der Waals surface area contributed by atoms with Gasteiger partial charge in [-0.2, -0.15) is 15.4 Å². The number of nitrogens with zero attached hydrogens (tertiary/aromatic N) is 4.